The van der Waals surface area contributed by atoms with E-state index in [0.717, 1.165) is 0 Å². The molecule has 0 spiro atoms. The highest BCUT2D eigenvalue weighted by Crippen LogP contribution is 2.01. The molecule has 0 saturated heterocycles. The highest BCUT2D eigenvalue weighted by molar-refractivity contribution is 6.71. The zero-order chi connectivity index (χ0) is 7.33. The minimum absolute atomic E-state index is 0.688. The van der Waals surface area contributed by atoms with Gasteiger partial charge in [-0.05, 0) is 13.1 Å². The van der Waals surface area contributed by atoms with Gasteiger partial charge in [0.15, 0.2) is 0 Å². The van der Waals surface area contributed by atoms with Gasteiger partial charge in [0.05, 0.1) is 6.26 Å². The van der Waals surface area contributed by atoms with Crippen LogP contribution in [0.2, 0.25) is 13.1 Å². The molecule has 0 saturated carbocycles. The largest absolute Gasteiger partial charge is 0.502 e. The van der Waals surface area contributed by atoms with Gasteiger partial charge in [0, 0.05) is 7.11 Å². The third-order valence-corrected chi connectivity index (χ3v) is 3.07. The molecular formula is C6H14O2Si. The zero-order valence-corrected chi connectivity index (χ0v) is 7.31. The molecule has 0 aliphatic carbocycles. The average molecular weight is 146 g/mol. The van der Waals surface area contributed by atoms with Gasteiger partial charge in [-0.15, -0.1) is 0 Å². The van der Waals surface area contributed by atoms with Crippen molar-refractivity contribution >= 4 is 8.32 Å². The molecule has 0 heterocycles. The smallest absolute Gasteiger partial charge is 0.224 e. The standard InChI is InChI=1S/C6H14O2Si/c1-5-8-6-9(3,4)7-2/h5H,1,6H2,2-4H3. The van der Waals surface area contributed by atoms with E-state index in [1.54, 1.807) is 7.11 Å². The molecule has 2 nitrogen and oxygen atoms in total. The predicted octanol–water partition coefficient (Wildman–Crippen LogP) is 1.54. The lowest BCUT2D eigenvalue weighted by Gasteiger charge is -2.18. The topological polar surface area (TPSA) is 18.5 Å². The summed E-state index contributed by atoms with van der Waals surface area (Å²) in [6, 6.07) is 0. The molecule has 0 aromatic carbocycles. The summed E-state index contributed by atoms with van der Waals surface area (Å²) in [6.45, 7) is 7.63. The van der Waals surface area contributed by atoms with Crippen molar-refractivity contribution < 1.29 is 9.16 Å². The van der Waals surface area contributed by atoms with Crippen LogP contribution in [0.15, 0.2) is 12.8 Å². The molecule has 0 N–H and O–H groups in total. The van der Waals surface area contributed by atoms with Crippen molar-refractivity contribution in [2.45, 2.75) is 13.1 Å². The Balaban J connectivity index is 3.44. The van der Waals surface area contributed by atoms with Crippen molar-refractivity contribution in [2.24, 2.45) is 0 Å². The van der Waals surface area contributed by atoms with E-state index in [1.807, 2.05) is 0 Å². The van der Waals surface area contributed by atoms with Gasteiger partial charge in [-0.3, -0.25) is 0 Å². The van der Waals surface area contributed by atoms with Crippen molar-refractivity contribution in [3.8, 4) is 0 Å². The van der Waals surface area contributed by atoms with Crippen LogP contribution in [-0.2, 0) is 9.16 Å². The summed E-state index contributed by atoms with van der Waals surface area (Å²) in [4.78, 5) is 0. The normalized spacial score (nSPS) is 11.0. The van der Waals surface area contributed by atoms with Crippen molar-refractivity contribution in [1.82, 2.24) is 0 Å². The summed E-state index contributed by atoms with van der Waals surface area (Å²) in [5, 5.41) is 0. The molecule has 54 valence electrons. The van der Waals surface area contributed by atoms with Crippen molar-refractivity contribution in [3.63, 3.8) is 0 Å². The molecule has 0 bridgehead atoms. The van der Waals surface area contributed by atoms with E-state index in [4.69, 9.17) is 9.16 Å². The van der Waals surface area contributed by atoms with Gasteiger partial charge in [0.25, 0.3) is 0 Å². The third kappa shape index (κ3) is 4.24. The second-order valence-corrected chi connectivity index (χ2v) is 6.66. The maximum Gasteiger partial charge on any atom is 0.224 e. The first-order valence-corrected chi connectivity index (χ1v) is 6.01. The van der Waals surface area contributed by atoms with Crippen molar-refractivity contribution in [1.29, 1.82) is 0 Å². The molecule has 0 aliphatic heterocycles. The predicted molar refractivity (Wildman–Crippen MR) is 40.6 cm³/mol. The molecule has 0 atom stereocenters. The highest BCUT2D eigenvalue weighted by atomic mass is 28.4. The first-order valence-electron chi connectivity index (χ1n) is 2.90. The molecule has 0 amide bonds. The molecule has 0 aliphatic rings. The van der Waals surface area contributed by atoms with Crippen molar-refractivity contribution in [3.05, 3.63) is 12.8 Å². The fraction of sp³-hybridized carbons (Fsp3) is 0.667. The summed E-state index contributed by atoms with van der Waals surface area (Å²) in [5.41, 5.74) is 0. The second-order valence-electron chi connectivity index (χ2n) is 2.44. The lowest BCUT2D eigenvalue weighted by atomic mass is 11.2. The van der Waals surface area contributed by atoms with E-state index in [0.29, 0.717) is 6.23 Å². The molecule has 0 unspecified atom stereocenters. The highest BCUT2D eigenvalue weighted by Gasteiger charge is 2.20. The summed E-state index contributed by atoms with van der Waals surface area (Å²) in [7, 11) is 0.229. The van der Waals surface area contributed by atoms with Crippen LogP contribution in [0.3, 0.4) is 0 Å². The van der Waals surface area contributed by atoms with Crippen LogP contribution in [0.4, 0.5) is 0 Å². The Morgan fingerprint density at radius 3 is 2.44 bits per heavy atom. The van der Waals surface area contributed by atoms with Gasteiger partial charge in [0.2, 0.25) is 8.32 Å². The molecule has 0 aromatic heterocycles. The van der Waals surface area contributed by atoms with Crippen LogP contribution in [-0.4, -0.2) is 21.7 Å². The average Bonchev–Trinajstić information content (AvgIpc) is 1.84. The maximum absolute atomic E-state index is 5.21. The Hall–Kier alpha value is -0.283. The minimum atomic E-state index is -1.49. The Bertz CT molecular complexity index is 91.1. The summed E-state index contributed by atoms with van der Waals surface area (Å²) in [6.07, 6.45) is 2.14. The van der Waals surface area contributed by atoms with Gasteiger partial charge in [0.1, 0.15) is 6.23 Å². The Labute approximate surface area is 57.6 Å². The Kier molecular flexibility index (Phi) is 3.57. The summed E-state index contributed by atoms with van der Waals surface area (Å²) < 4.78 is 10.2. The zero-order valence-electron chi connectivity index (χ0n) is 6.31. The monoisotopic (exact) mass is 146 g/mol. The third-order valence-electron chi connectivity index (χ3n) is 1.10. The quantitative estimate of drug-likeness (QED) is 0.442. The number of hydrogen-bond acceptors (Lipinski definition) is 2. The first-order chi connectivity index (χ1) is 4.12. The number of ether oxygens (including phenoxy) is 1. The number of rotatable bonds is 4. The van der Waals surface area contributed by atoms with Crippen LogP contribution in [0.1, 0.15) is 0 Å². The first kappa shape index (κ1) is 8.72. The second kappa shape index (κ2) is 3.69. The molecular weight excluding hydrogens is 132 g/mol. The minimum Gasteiger partial charge on any atom is -0.502 e. The van der Waals surface area contributed by atoms with Crippen molar-refractivity contribution in [2.75, 3.05) is 13.3 Å². The van der Waals surface area contributed by atoms with Gasteiger partial charge >= 0.3 is 0 Å². The molecule has 0 radical (unpaired) electrons. The van der Waals surface area contributed by atoms with E-state index in [2.05, 4.69) is 19.7 Å². The van der Waals surface area contributed by atoms with E-state index < -0.39 is 8.32 Å². The van der Waals surface area contributed by atoms with Crippen LogP contribution in [0, 0.1) is 0 Å². The molecule has 0 rings (SSSR count). The lowest BCUT2D eigenvalue weighted by Crippen LogP contribution is -2.34. The van der Waals surface area contributed by atoms with Gasteiger partial charge < -0.3 is 9.16 Å². The number of hydrogen-bond donors (Lipinski definition) is 0. The van der Waals surface area contributed by atoms with E-state index in [9.17, 15) is 0 Å². The van der Waals surface area contributed by atoms with E-state index in [-0.39, 0.29) is 0 Å². The van der Waals surface area contributed by atoms with Crippen LogP contribution < -0.4 is 0 Å². The molecule has 9 heavy (non-hydrogen) atoms. The lowest BCUT2D eigenvalue weighted by molar-refractivity contribution is 0.270. The Morgan fingerprint density at radius 1 is 1.56 bits per heavy atom. The van der Waals surface area contributed by atoms with Crippen LogP contribution in [0.25, 0.3) is 0 Å². The van der Waals surface area contributed by atoms with Crippen LogP contribution in [0.5, 0.6) is 0 Å². The molecule has 0 fully saturated rings. The van der Waals surface area contributed by atoms with E-state index >= 15 is 0 Å². The summed E-state index contributed by atoms with van der Waals surface area (Å²) in [5.74, 6) is 0. The SMILES string of the molecule is C=COC[Si](C)(C)OC. The molecule has 3 heteroatoms. The maximum atomic E-state index is 5.21. The van der Waals surface area contributed by atoms with E-state index in [1.165, 1.54) is 6.26 Å². The van der Waals surface area contributed by atoms with Gasteiger partial charge in [-0.25, -0.2) is 0 Å². The van der Waals surface area contributed by atoms with Gasteiger partial charge in [-0.2, -0.15) is 0 Å². The molecule has 0 aromatic rings. The Morgan fingerprint density at radius 2 is 2.11 bits per heavy atom. The van der Waals surface area contributed by atoms with Crippen LogP contribution >= 0.6 is 0 Å². The summed E-state index contributed by atoms with van der Waals surface area (Å²) >= 11 is 0. The fourth-order valence-electron chi connectivity index (χ4n) is 0.319. The fourth-order valence-corrected chi connectivity index (χ4v) is 0.956. The van der Waals surface area contributed by atoms with Gasteiger partial charge in [-0.1, -0.05) is 6.58 Å².